The molecule has 2 atom stereocenters. The molecule has 1 N–H and O–H groups in total. The van der Waals surface area contributed by atoms with E-state index < -0.39 is 0 Å². The second-order valence-electron chi connectivity index (χ2n) is 5.21. The minimum atomic E-state index is 0.241. The van der Waals surface area contributed by atoms with E-state index in [1.807, 2.05) is 12.1 Å². The Balaban J connectivity index is 1.77. The van der Waals surface area contributed by atoms with Crippen molar-refractivity contribution < 1.29 is 4.74 Å². The number of ether oxygens (including phenoxy) is 1. The Morgan fingerprint density at radius 1 is 1.15 bits per heavy atom. The van der Waals surface area contributed by atoms with Crippen LogP contribution in [0, 0.1) is 0 Å². The van der Waals surface area contributed by atoms with Gasteiger partial charge in [0.15, 0.2) is 0 Å². The van der Waals surface area contributed by atoms with E-state index >= 15 is 0 Å². The van der Waals surface area contributed by atoms with Gasteiger partial charge in [0.1, 0.15) is 0 Å². The van der Waals surface area contributed by atoms with Crippen molar-refractivity contribution in [3.8, 4) is 0 Å². The first-order valence-corrected chi connectivity index (χ1v) is 7.29. The summed E-state index contributed by atoms with van der Waals surface area (Å²) in [5.74, 6) is 0. The minimum absolute atomic E-state index is 0.241. The number of hydrogen-bond acceptors (Lipinski definition) is 2. The van der Waals surface area contributed by atoms with E-state index in [9.17, 15) is 0 Å². The van der Waals surface area contributed by atoms with E-state index in [1.54, 1.807) is 0 Å². The van der Waals surface area contributed by atoms with Crippen molar-refractivity contribution in [2.45, 2.75) is 25.6 Å². The average molecular weight is 288 g/mol. The molecule has 1 aliphatic rings. The summed E-state index contributed by atoms with van der Waals surface area (Å²) in [6.07, 6.45) is 0. The number of rotatable bonds is 3. The van der Waals surface area contributed by atoms with E-state index in [0.717, 1.165) is 11.6 Å². The maximum atomic E-state index is 5.93. The maximum absolute atomic E-state index is 5.93. The molecule has 0 aliphatic carbocycles. The molecule has 2 aromatic carbocycles. The normalized spacial score (nSPS) is 19.4. The van der Waals surface area contributed by atoms with Crippen molar-refractivity contribution in [2.75, 3.05) is 6.61 Å². The summed E-state index contributed by atoms with van der Waals surface area (Å²) in [7, 11) is 0. The standard InChI is InChI=1S/C17H18ClNO/c1-12(13-6-8-15(18)9-7-13)19-17-11-20-10-14-4-2-3-5-16(14)17/h2-9,12,17,19H,10-11H2,1H3/t12-,17?/m1/s1. The molecule has 0 spiro atoms. The van der Waals surface area contributed by atoms with Crippen molar-refractivity contribution in [3.63, 3.8) is 0 Å². The lowest BCUT2D eigenvalue weighted by molar-refractivity contribution is 0.0791. The third-order valence-electron chi connectivity index (χ3n) is 3.79. The van der Waals surface area contributed by atoms with Crippen LogP contribution in [-0.4, -0.2) is 6.61 Å². The monoisotopic (exact) mass is 287 g/mol. The Morgan fingerprint density at radius 2 is 1.90 bits per heavy atom. The zero-order valence-corrected chi connectivity index (χ0v) is 12.2. The van der Waals surface area contributed by atoms with Crippen LogP contribution in [-0.2, 0) is 11.3 Å². The van der Waals surface area contributed by atoms with Gasteiger partial charge in [-0.25, -0.2) is 0 Å². The van der Waals surface area contributed by atoms with Crippen LogP contribution in [0.5, 0.6) is 0 Å². The lowest BCUT2D eigenvalue weighted by Gasteiger charge is -2.29. The van der Waals surface area contributed by atoms with Crippen LogP contribution in [0.1, 0.15) is 35.7 Å². The largest absolute Gasteiger partial charge is 0.375 e. The molecular formula is C17H18ClNO. The molecule has 0 radical (unpaired) electrons. The van der Waals surface area contributed by atoms with E-state index in [1.165, 1.54) is 16.7 Å². The molecule has 3 rings (SSSR count). The van der Waals surface area contributed by atoms with Gasteiger partial charge in [-0.3, -0.25) is 0 Å². The molecule has 2 aromatic rings. The third-order valence-corrected chi connectivity index (χ3v) is 4.05. The highest BCUT2D eigenvalue weighted by Gasteiger charge is 2.21. The Kier molecular flexibility index (Phi) is 4.06. The van der Waals surface area contributed by atoms with Gasteiger partial charge in [-0.15, -0.1) is 0 Å². The summed E-state index contributed by atoms with van der Waals surface area (Å²) in [5, 5.41) is 4.41. The fourth-order valence-corrected chi connectivity index (χ4v) is 2.80. The summed E-state index contributed by atoms with van der Waals surface area (Å²) in [4.78, 5) is 0. The molecule has 1 heterocycles. The van der Waals surface area contributed by atoms with E-state index in [0.29, 0.717) is 6.61 Å². The van der Waals surface area contributed by atoms with Gasteiger partial charge in [-0.2, -0.15) is 0 Å². The van der Waals surface area contributed by atoms with Crippen molar-refractivity contribution in [1.29, 1.82) is 0 Å². The summed E-state index contributed by atoms with van der Waals surface area (Å²) in [6.45, 7) is 3.60. The Morgan fingerprint density at radius 3 is 2.70 bits per heavy atom. The molecule has 0 saturated carbocycles. The molecule has 0 bridgehead atoms. The van der Waals surface area contributed by atoms with Gasteiger partial charge in [-0.05, 0) is 35.7 Å². The van der Waals surface area contributed by atoms with E-state index in [4.69, 9.17) is 16.3 Å². The first kappa shape index (κ1) is 13.6. The number of fused-ring (bicyclic) bond motifs is 1. The van der Waals surface area contributed by atoms with Gasteiger partial charge in [0.05, 0.1) is 19.3 Å². The fraction of sp³-hybridized carbons (Fsp3) is 0.294. The number of halogens is 1. The predicted molar refractivity (Wildman–Crippen MR) is 81.8 cm³/mol. The molecule has 3 heteroatoms. The zero-order valence-electron chi connectivity index (χ0n) is 11.5. The average Bonchev–Trinajstić information content (AvgIpc) is 2.48. The van der Waals surface area contributed by atoms with Gasteiger partial charge in [-0.1, -0.05) is 48.0 Å². The zero-order chi connectivity index (χ0) is 13.9. The highest BCUT2D eigenvalue weighted by Crippen LogP contribution is 2.27. The van der Waals surface area contributed by atoms with Crippen LogP contribution in [0.15, 0.2) is 48.5 Å². The number of hydrogen-bond donors (Lipinski definition) is 1. The molecule has 1 aliphatic heterocycles. The van der Waals surface area contributed by atoms with Crippen LogP contribution in [0.2, 0.25) is 5.02 Å². The van der Waals surface area contributed by atoms with Gasteiger partial charge < -0.3 is 10.1 Å². The molecule has 0 fully saturated rings. The summed E-state index contributed by atoms with van der Waals surface area (Å²) < 4.78 is 5.68. The third kappa shape index (κ3) is 2.88. The van der Waals surface area contributed by atoms with Crippen LogP contribution < -0.4 is 5.32 Å². The van der Waals surface area contributed by atoms with Gasteiger partial charge in [0, 0.05) is 11.1 Å². The lowest BCUT2D eigenvalue weighted by Crippen LogP contribution is -2.31. The fourth-order valence-electron chi connectivity index (χ4n) is 2.67. The highest BCUT2D eigenvalue weighted by atomic mass is 35.5. The molecule has 20 heavy (non-hydrogen) atoms. The number of nitrogens with one attached hydrogen (secondary N) is 1. The molecule has 1 unspecified atom stereocenters. The van der Waals surface area contributed by atoms with Gasteiger partial charge in [0.25, 0.3) is 0 Å². The second kappa shape index (κ2) is 5.96. The van der Waals surface area contributed by atoms with Gasteiger partial charge >= 0.3 is 0 Å². The van der Waals surface area contributed by atoms with Crippen molar-refractivity contribution >= 4 is 11.6 Å². The highest BCUT2D eigenvalue weighted by molar-refractivity contribution is 6.30. The molecule has 0 aromatic heterocycles. The first-order chi connectivity index (χ1) is 9.74. The van der Waals surface area contributed by atoms with E-state index in [-0.39, 0.29) is 12.1 Å². The predicted octanol–water partition coefficient (Wildman–Crippen LogP) is 4.26. The Bertz CT molecular complexity index is 582. The van der Waals surface area contributed by atoms with Crippen molar-refractivity contribution in [1.82, 2.24) is 5.32 Å². The Hall–Kier alpha value is -1.35. The molecule has 2 nitrogen and oxygen atoms in total. The lowest BCUT2D eigenvalue weighted by atomic mass is 9.97. The summed E-state index contributed by atoms with van der Waals surface area (Å²) >= 11 is 5.93. The van der Waals surface area contributed by atoms with E-state index in [2.05, 4.69) is 48.6 Å². The minimum Gasteiger partial charge on any atom is -0.375 e. The van der Waals surface area contributed by atoms with Gasteiger partial charge in [0.2, 0.25) is 0 Å². The second-order valence-corrected chi connectivity index (χ2v) is 5.64. The smallest absolute Gasteiger partial charge is 0.0721 e. The molecule has 0 amide bonds. The quantitative estimate of drug-likeness (QED) is 0.911. The molecule has 104 valence electrons. The van der Waals surface area contributed by atoms with Crippen molar-refractivity contribution in [3.05, 3.63) is 70.2 Å². The molecule has 0 saturated heterocycles. The topological polar surface area (TPSA) is 21.3 Å². The van der Waals surface area contributed by atoms with Crippen LogP contribution in [0.25, 0.3) is 0 Å². The summed E-state index contributed by atoms with van der Waals surface area (Å²) in [6, 6.07) is 17.0. The number of benzene rings is 2. The SMILES string of the molecule is C[C@@H](NC1COCc2ccccc21)c1ccc(Cl)cc1. The van der Waals surface area contributed by atoms with Crippen LogP contribution in [0.3, 0.4) is 0 Å². The summed E-state index contributed by atoms with van der Waals surface area (Å²) in [5.41, 5.74) is 3.86. The van der Waals surface area contributed by atoms with Crippen LogP contribution >= 0.6 is 11.6 Å². The first-order valence-electron chi connectivity index (χ1n) is 6.91. The van der Waals surface area contributed by atoms with Crippen LogP contribution in [0.4, 0.5) is 0 Å². The maximum Gasteiger partial charge on any atom is 0.0721 e. The molecular weight excluding hydrogens is 270 g/mol. The Labute approximate surface area is 124 Å². The van der Waals surface area contributed by atoms with Crippen molar-refractivity contribution in [2.24, 2.45) is 0 Å².